The third kappa shape index (κ3) is 4.24. The number of likely N-dealkylation sites (tertiary alicyclic amines) is 1. The van der Waals surface area contributed by atoms with Crippen molar-refractivity contribution in [3.05, 3.63) is 60.3 Å². The highest BCUT2D eigenvalue weighted by Gasteiger charge is 2.36. The van der Waals surface area contributed by atoms with Gasteiger partial charge in [-0.05, 0) is 62.1 Å². The van der Waals surface area contributed by atoms with Crippen LogP contribution in [-0.2, 0) is 14.8 Å². The first-order valence-corrected chi connectivity index (χ1v) is 12.7. The molecule has 1 aromatic carbocycles. The van der Waals surface area contributed by atoms with Crippen LogP contribution in [0.5, 0.6) is 0 Å². The average Bonchev–Trinajstić information content (AvgIpc) is 3.28. The number of piperidine rings is 2. The minimum atomic E-state index is -3.69. The molecular weight excluding hydrogens is 445 g/mol. The molecule has 0 N–H and O–H groups in total. The van der Waals surface area contributed by atoms with Crippen LogP contribution in [0.1, 0.15) is 37.4 Å². The van der Waals surface area contributed by atoms with Gasteiger partial charge in [0.05, 0.1) is 4.90 Å². The molecule has 3 aromatic rings. The molecule has 5 rings (SSSR count). The van der Waals surface area contributed by atoms with Gasteiger partial charge in [0.2, 0.25) is 15.9 Å². The first-order valence-electron chi connectivity index (χ1n) is 11.3. The molecule has 0 saturated carbocycles. The number of rotatable bonds is 4. The number of benzene rings is 1. The van der Waals surface area contributed by atoms with E-state index in [1.54, 1.807) is 0 Å². The number of carbonyl (C=O) groups excluding carboxylic acids is 1. The van der Waals surface area contributed by atoms with E-state index in [9.17, 15) is 17.6 Å². The van der Waals surface area contributed by atoms with Gasteiger partial charge in [-0.15, -0.1) is 10.2 Å². The molecule has 1 amide bonds. The minimum absolute atomic E-state index is 0.0769. The highest BCUT2D eigenvalue weighted by molar-refractivity contribution is 7.89. The Labute approximate surface area is 192 Å². The van der Waals surface area contributed by atoms with Crippen LogP contribution in [0, 0.1) is 11.7 Å². The Morgan fingerprint density at radius 3 is 2.48 bits per heavy atom. The molecule has 2 aliphatic rings. The van der Waals surface area contributed by atoms with E-state index in [0.29, 0.717) is 25.9 Å². The highest BCUT2D eigenvalue weighted by Crippen LogP contribution is 2.30. The van der Waals surface area contributed by atoms with Crippen molar-refractivity contribution in [1.82, 2.24) is 23.8 Å². The Hall–Kier alpha value is -2.85. The zero-order chi connectivity index (χ0) is 23.0. The summed E-state index contributed by atoms with van der Waals surface area (Å²) in [7, 11) is -3.69. The topological polar surface area (TPSA) is 87.9 Å². The normalized spacial score (nSPS) is 20.9. The number of sulfonamides is 1. The first-order chi connectivity index (χ1) is 15.9. The molecule has 1 atom stereocenters. The molecule has 2 aliphatic heterocycles. The lowest BCUT2D eigenvalue weighted by Gasteiger charge is -2.37. The van der Waals surface area contributed by atoms with Gasteiger partial charge >= 0.3 is 0 Å². The number of carbonyl (C=O) groups is 1. The van der Waals surface area contributed by atoms with Crippen molar-refractivity contribution in [2.45, 2.75) is 36.5 Å². The fraction of sp³-hybridized carbons (Fsp3) is 0.435. The predicted molar refractivity (Wildman–Crippen MR) is 119 cm³/mol. The van der Waals surface area contributed by atoms with Crippen LogP contribution in [0.4, 0.5) is 4.39 Å². The van der Waals surface area contributed by atoms with Gasteiger partial charge in [0, 0.05) is 44.2 Å². The van der Waals surface area contributed by atoms with E-state index >= 15 is 0 Å². The summed E-state index contributed by atoms with van der Waals surface area (Å²) in [5.74, 6) is 0.422. The second-order valence-corrected chi connectivity index (χ2v) is 10.7. The molecule has 33 heavy (non-hydrogen) atoms. The second kappa shape index (κ2) is 8.83. The molecule has 0 unspecified atom stereocenters. The maximum absolute atomic E-state index is 13.3. The zero-order valence-electron chi connectivity index (χ0n) is 18.2. The summed E-state index contributed by atoms with van der Waals surface area (Å²) >= 11 is 0. The van der Waals surface area contributed by atoms with Gasteiger partial charge in [-0.2, -0.15) is 4.31 Å². The fourth-order valence-corrected chi connectivity index (χ4v) is 6.35. The summed E-state index contributed by atoms with van der Waals surface area (Å²) in [4.78, 5) is 15.3. The van der Waals surface area contributed by atoms with Gasteiger partial charge < -0.3 is 4.90 Å². The summed E-state index contributed by atoms with van der Waals surface area (Å²) in [6.07, 6.45) is 4.76. The van der Waals surface area contributed by atoms with Crippen LogP contribution in [0.2, 0.25) is 0 Å². The van der Waals surface area contributed by atoms with Gasteiger partial charge in [0.1, 0.15) is 11.6 Å². The molecular formula is C23H26FN5O3S. The van der Waals surface area contributed by atoms with Crippen LogP contribution >= 0.6 is 0 Å². The van der Waals surface area contributed by atoms with E-state index in [2.05, 4.69) is 10.2 Å². The lowest BCUT2D eigenvalue weighted by molar-refractivity contribution is -0.138. The van der Waals surface area contributed by atoms with Gasteiger partial charge in [-0.1, -0.05) is 6.07 Å². The third-order valence-corrected chi connectivity index (χ3v) is 8.61. The largest absolute Gasteiger partial charge is 0.342 e. The molecule has 2 fully saturated rings. The number of aromatic nitrogens is 3. The summed E-state index contributed by atoms with van der Waals surface area (Å²) in [5.41, 5.74) is 0.797. The lowest BCUT2D eigenvalue weighted by Crippen LogP contribution is -2.47. The molecule has 0 aliphatic carbocycles. The van der Waals surface area contributed by atoms with Crippen LogP contribution < -0.4 is 0 Å². The number of halogens is 1. The van der Waals surface area contributed by atoms with Crippen molar-refractivity contribution in [2.24, 2.45) is 5.92 Å². The molecule has 2 aromatic heterocycles. The standard InChI is InChI=1S/C23H26FN5O3S/c24-19-6-8-20(9-7-19)33(31,32)28-14-10-17(11-15-28)23(30)27-12-3-4-18(16-27)22-26-25-21-5-1-2-13-29(21)22/h1-2,5-9,13,17-18H,3-4,10-12,14-16H2/t18-/m1/s1. The first kappa shape index (κ1) is 22.0. The highest BCUT2D eigenvalue weighted by atomic mass is 32.2. The third-order valence-electron chi connectivity index (χ3n) is 6.69. The molecule has 4 heterocycles. The molecule has 2 saturated heterocycles. The zero-order valence-corrected chi connectivity index (χ0v) is 19.0. The van der Waals surface area contributed by atoms with Gasteiger partial charge in [0.25, 0.3) is 0 Å². The Balaban J connectivity index is 1.23. The van der Waals surface area contributed by atoms with Crippen LogP contribution in [0.15, 0.2) is 53.6 Å². The van der Waals surface area contributed by atoms with Gasteiger partial charge in [-0.25, -0.2) is 12.8 Å². The molecule has 10 heteroatoms. The van der Waals surface area contributed by atoms with E-state index in [-0.39, 0.29) is 35.7 Å². The van der Waals surface area contributed by atoms with Crippen LogP contribution in [0.3, 0.4) is 0 Å². The quantitative estimate of drug-likeness (QED) is 0.584. The summed E-state index contributed by atoms with van der Waals surface area (Å²) in [5, 5.41) is 8.62. The number of amides is 1. The number of hydrogen-bond acceptors (Lipinski definition) is 5. The van der Waals surface area contributed by atoms with Crippen LogP contribution in [0.25, 0.3) is 5.65 Å². The Bertz CT molecular complexity index is 1250. The van der Waals surface area contributed by atoms with Crippen molar-refractivity contribution in [3.8, 4) is 0 Å². The van der Waals surface area contributed by atoms with Crippen molar-refractivity contribution >= 4 is 21.6 Å². The second-order valence-electron chi connectivity index (χ2n) is 8.74. The maximum Gasteiger partial charge on any atom is 0.243 e. The molecule has 8 nitrogen and oxygen atoms in total. The van der Waals surface area contributed by atoms with Gasteiger partial charge in [-0.3, -0.25) is 9.20 Å². The van der Waals surface area contributed by atoms with Crippen molar-refractivity contribution in [1.29, 1.82) is 0 Å². The average molecular weight is 472 g/mol. The van der Waals surface area contributed by atoms with Crippen molar-refractivity contribution in [3.63, 3.8) is 0 Å². The van der Waals surface area contributed by atoms with E-state index in [1.807, 2.05) is 33.7 Å². The summed E-state index contributed by atoms with van der Waals surface area (Å²) in [6.45, 7) is 1.87. The summed E-state index contributed by atoms with van der Waals surface area (Å²) < 4.78 is 42.2. The van der Waals surface area contributed by atoms with E-state index in [0.717, 1.165) is 36.4 Å². The predicted octanol–water partition coefficient (Wildman–Crippen LogP) is 2.68. The Kier molecular flexibility index (Phi) is 5.88. The maximum atomic E-state index is 13.3. The number of hydrogen-bond donors (Lipinski definition) is 0. The van der Waals surface area contributed by atoms with Crippen molar-refractivity contribution in [2.75, 3.05) is 26.2 Å². The molecule has 174 valence electrons. The molecule has 0 bridgehead atoms. The Morgan fingerprint density at radius 1 is 0.970 bits per heavy atom. The van der Waals surface area contributed by atoms with Crippen molar-refractivity contribution < 1.29 is 17.6 Å². The van der Waals surface area contributed by atoms with Gasteiger partial charge in [0.15, 0.2) is 5.65 Å². The van der Waals surface area contributed by atoms with Crippen LogP contribution in [-0.4, -0.2) is 64.3 Å². The number of fused-ring (bicyclic) bond motifs is 1. The fourth-order valence-electron chi connectivity index (χ4n) is 4.88. The SMILES string of the molecule is O=C(C1CCN(S(=O)(=O)c2ccc(F)cc2)CC1)N1CCC[C@@H](c2nnc3ccccn23)C1. The van der Waals surface area contributed by atoms with E-state index in [4.69, 9.17) is 0 Å². The lowest BCUT2D eigenvalue weighted by atomic mass is 9.92. The number of pyridine rings is 1. The van der Waals surface area contributed by atoms with E-state index in [1.165, 1.54) is 16.4 Å². The summed E-state index contributed by atoms with van der Waals surface area (Å²) in [6, 6.07) is 10.6. The number of nitrogens with zero attached hydrogens (tertiary/aromatic N) is 5. The molecule has 0 spiro atoms. The monoisotopic (exact) mass is 471 g/mol. The molecule has 0 radical (unpaired) electrons. The smallest absolute Gasteiger partial charge is 0.243 e. The minimum Gasteiger partial charge on any atom is -0.342 e. The van der Waals surface area contributed by atoms with E-state index < -0.39 is 15.8 Å². The Morgan fingerprint density at radius 2 is 1.73 bits per heavy atom.